The summed E-state index contributed by atoms with van der Waals surface area (Å²) in [5, 5.41) is 8.27. The van der Waals surface area contributed by atoms with E-state index in [1.54, 1.807) is 10.8 Å². The number of benzene rings is 2. The monoisotopic (exact) mass is 271 g/mol. The molecule has 0 saturated carbocycles. The fourth-order valence-electron chi connectivity index (χ4n) is 2.22. The van der Waals surface area contributed by atoms with E-state index in [9.17, 15) is 0 Å². The van der Waals surface area contributed by atoms with Crippen molar-refractivity contribution < 1.29 is 0 Å². The van der Waals surface area contributed by atoms with Crippen molar-refractivity contribution in [1.82, 2.24) is 9.13 Å². The molecule has 3 rings (SSSR count). The number of hydrogen-bond donors (Lipinski definition) is 1. The lowest BCUT2D eigenvalue weighted by atomic mass is 10.3. The zero-order valence-corrected chi connectivity index (χ0v) is 11.1. The van der Waals surface area contributed by atoms with Gasteiger partial charge in [-0.3, -0.25) is 14.5 Å². The molecule has 0 aliphatic rings. The van der Waals surface area contributed by atoms with Crippen LogP contribution in [0.25, 0.3) is 22.9 Å². The summed E-state index contributed by atoms with van der Waals surface area (Å²) in [7, 11) is 0. The van der Waals surface area contributed by atoms with Crippen LogP contribution in [0.4, 0.5) is 0 Å². The number of nitrogens with one attached hydrogen (secondary N) is 1. The summed E-state index contributed by atoms with van der Waals surface area (Å²) in [4.78, 5) is 0. The van der Waals surface area contributed by atoms with Gasteiger partial charge in [-0.1, -0.05) is 36.9 Å². The number of rotatable bonds is 2. The topological polar surface area (TPSA) is 33.7 Å². The number of imidazole rings is 1. The maximum absolute atomic E-state index is 8.27. The number of fused-ring (bicyclic) bond motifs is 1. The summed E-state index contributed by atoms with van der Waals surface area (Å²) in [5.74, 6) is 0. The molecule has 2 aromatic carbocycles. The smallest absolute Gasteiger partial charge is 0.211 e. The molecule has 0 fully saturated rings. The van der Waals surface area contributed by atoms with Gasteiger partial charge >= 0.3 is 0 Å². The molecular weight excluding hydrogens is 258 g/mol. The third kappa shape index (κ3) is 1.98. The molecule has 0 aliphatic heterocycles. The van der Waals surface area contributed by atoms with Crippen LogP contribution < -0.4 is 5.62 Å². The fourth-order valence-corrected chi connectivity index (χ4v) is 2.22. The molecule has 0 radical (unpaired) electrons. The van der Waals surface area contributed by atoms with Gasteiger partial charge in [0.05, 0.1) is 11.0 Å². The second-order valence-electron chi connectivity index (χ2n) is 4.04. The van der Waals surface area contributed by atoms with Crippen molar-refractivity contribution in [3.63, 3.8) is 0 Å². The average molecular weight is 272 g/mol. The van der Waals surface area contributed by atoms with E-state index in [0.29, 0.717) is 5.62 Å². The van der Waals surface area contributed by atoms with E-state index < -0.39 is 0 Å². The minimum Gasteiger partial charge on any atom is -0.286 e. The van der Waals surface area contributed by atoms with Crippen molar-refractivity contribution in [2.45, 2.75) is 0 Å². The molecule has 0 bridgehead atoms. The molecule has 0 amide bonds. The molecule has 3 nitrogen and oxygen atoms in total. The highest BCUT2D eigenvalue weighted by molar-refractivity contribution is 5.85. The second kappa shape index (κ2) is 5.16. The highest BCUT2D eigenvalue weighted by Crippen LogP contribution is 2.17. The average Bonchev–Trinajstić information content (AvgIpc) is 2.71. The van der Waals surface area contributed by atoms with Gasteiger partial charge in [0.25, 0.3) is 0 Å². The quantitative estimate of drug-likeness (QED) is 0.741. The van der Waals surface area contributed by atoms with Crippen LogP contribution in [-0.2, 0) is 0 Å². The molecule has 19 heavy (non-hydrogen) atoms. The predicted octanol–water partition coefficient (Wildman–Crippen LogP) is 3.43. The standard InChI is InChI=1S/C15H13N3.ClH/c1-2-17-13-10-6-7-11-14(13)18(15(17)16)12-8-4-3-5-9-12;/h2-11,16H,1H2;1H. The molecule has 0 unspecified atom stereocenters. The van der Waals surface area contributed by atoms with Gasteiger partial charge in [-0.25, -0.2) is 0 Å². The van der Waals surface area contributed by atoms with Gasteiger partial charge < -0.3 is 0 Å². The molecule has 1 aromatic heterocycles. The van der Waals surface area contributed by atoms with Gasteiger partial charge in [0, 0.05) is 11.9 Å². The molecule has 1 N–H and O–H groups in total. The molecule has 4 heteroatoms. The SMILES string of the molecule is C=Cn1c(=N)n(-c2ccccc2)c2ccccc21.Cl. The van der Waals surface area contributed by atoms with E-state index in [2.05, 4.69) is 6.58 Å². The van der Waals surface area contributed by atoms with Gasteiger partial charge in [0.1, 0.15) is 0 Å². The minimum atomic E-state index is 0. The van der Waals surface area contributed by atoms with E-state index >= 15 is 0 Å². The lowest BCUT2D eigenvalue weighted by Crippen LogP contribution is -2.20. The summed E-state index contributed by atoms with van der Waals surface area (Å²) in [5.41, 5.74) is 3.38. The normalized spacial score (nSPS) is 10.1. The van der Waals surface area contributed by atoms with Gasteiger partial charge in [-0.05, 0) is 24.3 Å². The zero-order valence-electron chi connectivity index (χ0n) is 10.3. The summed E-state index contributed by atoms with van der Waals surface area (Å²) >= 11 is 0. The number of hydrogen-bond acceptors (Lipinski definition) is 1. The Morgan fingerprint density at radius 3 is 2.11 bits per heavy atom. The van der Waals surface area contributed by atoms with Gasteiger partial charge in [-0.15, -0.1) is 12.4 Å². The first-order chi connectivity index (χ1) is 8.83. The molecule has 0 saturated heterocycles. The molecule has 0 atom stereocenters. The third-order valence-corrected chi connectivity index (χ3v) is 3.02. The number of nitrogens with zero attached hydrogens (tertiary/aromatic N) is 2. The van der Waals surface area contributed by atoms with E-state index in [1.165, 1.54) is 0 Å². The number of para-hydroxylation sites is 3. The van der Waals surface area contributed by atoms with Crippen molar-refractivity contribution in [2.75, 3.05) is 0 Å². The maximum atomic E-state index is 8.27. The van der Waals surface area contributed by atoms with E-state index in [4.69, 9.17) is 5.41 Å². The first-order valence-corrected chi connectivity index (χ1v) is 5.77. The number of halogens is 1. The fraction of sp³-hybridized carbons (Fsp3) is 0. The Kier molecular flexibility index (Phi) is 3.58. The van der Waals surface area contributed by atoms with E-state index in [0.717, 1.165) is 16.7 Å². The minimum absolute atomic E-state index is 0. The van der Waals surface area contributed by atoms with Crippen molar-refractivity contribution in [3.05, 3.63) is 66.8 Å². The van der Waals surface area contributed by atoms with Crippen molar-refractivity contribution >= 4 is 29.6 Å². The Balaban J connectivity index is 0.00000133. The molecule has 0 spiro atoms. The molecular formula is C15H14ClN3. The maximum Gasteiger partial charge on any atom is 0.211 e. The lowest BCUT2D eigenvalue weighted by molar-refractivity contribution is 0.879. The Morgan fingerprint density at radius 1 is 0.895 bits per heavy atom. The highest BCUT2D eigenvalue weighted by atomic mass is 35.5. The first kappa shape index (κ1) is 13.2. The van der Waals surface area contributed by atoms with Crippen molar-refractivity contribution in [2.24, 2.45) is 0 Å². The summed E-state index contributed by atoms with van der Waals surface area (Å²) in [6.45, 7) is 3.78. The second-order valence-corrected chi connectivity index (χ2v) is 4.04. The van der Waals surface area contributed by atoms with Crippen LogP contribution in [0, 0.1) is 5.41 Å². The van der Waals surface area contributed by atoms with E-state index in [1.807, 2.05) is 59.2 Å². The van der Waals surface area contributed by atoms with Crippen LogP contribution in [0.3, 0.4) is 0 Å². The third-order valence-electron chi connectivity index (χ3n) is 3.02. The largest absolute Gasteiger partial charge is 0.286 e. The van der Waals surface area contributed by atoms with Crippen LogP contribution in [-0.4, -0.2) is 9.13 Å². The van der Waals surface area contributed by atoms with Crippen LogP contribution in [0.5, 0.6) is 0 Å². The Bertz CT molecular complexity index is 769. The zero-order chi connectivity index (χ0) is 12.5. The highest BCUT2D eigenvalue weighted by Gasteiger charge is 2.09. The molecule has 0 aliphatic carbocycles. The summed E-state index contributed by atoms with van der Waals surface area (Å²) < 4.78 is 3.69. The molecule has 96 valence electrons. The van der Waals surface area contributed by atoms with Crippen LogP contribution >= 0.6 is 12.4 Å². The van der Waals surface area contributed by atoms with Gasteiger partial charge in [-0.2, -0.15) is 0 Å². The van der Waals surface area contributed by atoms with Crippen LogP contribution in [0.15, 0.2) is 61.2 Å². The molecule has 1 heterocycles. The number of aromatic nitrogens is 2. The predicted molar refractivity (Wildman–Crippen MR) is 80.8 cm³/mol. The van der Waals surface area contributed by atoms with Crippen molar-refractivity contribution in [3.8, 4) is 5.69 Å². The van der Waals surface area contributed by atoms with Crippen LogP contribution in [0.1, 0.15) is 0 Å². The summed E-state index contributed by atoms with van der Waals surface area (Å²) in [6.07, 6.45) is 1.67. The summed E-state index contributed by atoms with van der Waals surface area (Å²) in [6, 6.07) is 17.9. The Hall–Kier alpha value is -2.26. The van der Waals surface area contributed by atoms with E-state index in [-0.39, 0.29) is 12.4 Å². The first-order valence-electron chi connectivity index (χ1n) is 5.77. The van der Waals surface area contributed by atoms with Crippen molar-refractivity contribution in [1.29, 1.82) is 5.41 Å². The Morgan fingerprint density at radius 2 is 1.47 bits per heavy atom. The Labute approximate surface area is 117 Å². The lowest BCUT2D eigenvalue weighted by Gasteiger charge is -2.03. The van der Waals surface area contributed by atoms with Crippen LogP contribution in [0.2, 0.25) is 0 Å². The molecule has 3 aromatic rings. The van der Waals surface area contributed by atoms with Gasteiger partial charge in [0.15, 0.2) is 0 Å². The van der Waals surface area contributed by atoms with Gasteiger partial charge in [0.2, 0.25) is 5.62 Å².